The van der Waals surface area contributed by atoms with Gasteiger partial charge in [0.25, 0.3) is 10.2 Å². The van der Waals surface area contributed by atoms with Gasteiger partial charge in [0.05, 0.1) is 40.2 Å². The van der Waals surface area contributed by atoms with Gasteiger partial charge in [0.1, 0.15) is 0 Å². The Balaban J connectivity index is 2.72. The molecule has 1 atom stereocenters. The van der Waals surface area contributed by atoms with E-state index in [0.29, 0.717) is 16.7 Å². The number of rotatable bonds is 12. The molecule has 0 saturated carbocycles. The van der Waals surface area contributed by atoms with E-state index in [1.807, 2.05) is 33.3 Å². The molecule has 0 aliphatic heterocycles. The van der Waals surface area contributed by atoms with Gasteiger partial charge in [-0.3, -0.25) is 9.52 Å². The van der Waals surface area contributed by atoms with Gasteiger partial charge in [0.2, 0.25) is 0 Å². The van der Waals surface area contributed by atoms with Gasteiger partial charge in [-0.1, -0.05) is 31.9 Å². The van der Waals surface area contributed by atoms with Gasteiger partial charge in [-0.25, -0.2) is 0 Å². The van der Waals surface area contributed by atoms with Crippen LogP contribution in [-0.2, 0) is 21.4 Å². The molecule has 1 aromatic rings. The van der Waals surface area contributed by atoms with Crippen molar-refractivity contribution < 1.29 is 22.8 Å². The molecule has 0 heterocycles. The lowest BCUT2D eigenvalue weighted by atomic mass is 10.1. The average molecular weight is 387 g/mol. The van der Waals surface area contributed by atoms with E-state index in [0.717, 1.165) is 19.3 Å². The van der Waals surface area contributed by atoms with Gasteiger partial charge in [-0.2, -0.15) is 13.1 Å². The van der Waals surface area contributed by atoms with Crippen molar-refractivity contribution in [3.05, 3.63) is 29.8 Å². The third-order valence-corrected chi connectivity index (χ3v) is 4.93. The largest absolute Gasteiger partial charge is 0.481 e. The van der Waals surface area contributed by atoms with Crippen LogP contribution < -0.4 is 9.44 Å². The topological polar surface area (TPSA) is 95.5 Å². The number of anilines is 1. The fraction of sp³-hybridized carbons (Fsp3) is 0.611. The number of hydrogen-bond donors (Lipinski definition) is 3. The summed E-state index contributed by atoms with van der Waals surface area (Å²) in [4.78, 5) is 11.0. The highest BCUT2D eigenvalue weighted by atomic mass is 32.2. The van der Waals surface area contributed by atoms with Crippen LogP contribution in [0.15, 0.2) is 24.3 Å². The van der Waals surface area contributed by atoms with Crippen LogP contribution in [0.25, 0.3) is 0 Å². The lowest BCUT2D eigenvalue weighted by molar-refractivity contribution is -0.871. The van der Waals surface area contributed by atoms with Crippen molar-refractivity contribution in [3.8, 4) is 0 Å². The molecule has 0 aliphatic rings. The zero-order valence-corrected chi connectivity index (χ0v) is 17.0. The van der Waals surface area contributed by atoms with Gasteiger partial charge in [0, 0.05) is 5.69 Å². The molecule has 0 aliphatic carbocycles. The number of carboxylic acids is 1. The Bertz CT molecular complexity index is 667. The molecule has 7 nitrogen and oxygen atoms in total. The summed E-state index contributed by atoms with van der Waals surface area (Å²) in [5.74, 6) is -1.04. The van der Waals surface area contributed by atoms with Crippen molar-refractivity contribution in [1.29, 1.82) is 0 Å². The van der Waals surface area contributed by atoms with Crippen LogP contribution in [0.2, 0.25) is 0 Å². The fourth-order valence-electron chi connectivity index (χ4n) is 2.74. The highest BCUT2D eigenvalue weighted by molar-refractivity contribution is 7.90. The molecular formula is C18H32N3O4S+. The van der Waals surface area contributed by atoms with Crippen molar-refractivity contribution in [2.75, 3.05) is 32.4 Å². The fourth-order valence-corrected chi connectivity index (χ4v) is 3.84. The summed E-state index contributed by atoms with van der Waals surface area (Å²) in [6, 6.07) is 6.58. The van der Waals surface area contributed by atoms with Crippen LogP contribution in [0.4, 0.5) is 5.69 Å². The first-order valence-electron chi connectivity index (χ1n) is 8.92. The number of benzene rings is 1. The van der Waals surface area contributed by atoms with E-state index >= 15 is 0 Å². The lowest BCUT2D eigenvalue weighted by Gasteiger charge is -2.29. The Morgan fingerprint density at radius 2 is 1.77 bits per heavy atom. The van der Waals surface area contributed by atoms with Crippen LogP contribution in [-0.4, -0.2) is 57.7 Å². The smallest absolute Gasteiger partial charge is 0.305 e. The Morgan fingerprint density at radius 1 is 1.15 bits per heavy atom. The summed E-state index contributed by atoms with van der Waals surface area (Å²) in [5.41, 5.74) is 1.62. The quantitative estimate of drug-likeness (QED) is 0.379. The normalized spacial score (nSPS) is 13.4. The first-order valence-corrected chi connectivity index (χ1v) is 10.4. The van der Waals surface area contributed by atoms with E-state index in [4.69, 9.17) is 5.11 Å². The number of unbranched alkanes of at least 4 members (excludes halogenated alkanes) is 2. The maximum Gasteiger partial charge on any atom is 0.305 e. The number of carbonyl (C=O) groups is 1. The Morgan fingerprint density at radius 3 is 2.27 bits per heavy atom. The molecule has 0 fully saturated rings. The third-order valence-electron chi connectivity index (χ3n) is 3.79. The van der Waals surface area contributed by atoms with E-state index in [-0.39, 0.29) is 6.42 Å². The van der Waals surface area contributed by atoms with Crippen molar-refractivity contribution in [2.24, 2.45) is 0 Å². The van der Waals surface area contributed by atoms with Crippen molar-refractivity contribution in [3.63, 3.8) is 0 Å². The van der Waals surface area contributed by atoms with Crippen LogP contribution in [0.3, 0.4) is 0 Å². The van der Waals surface area contributed by atoms with Gasteiger partial charge in [0.15, 0.2) is 0 Å². The lowest BCUT2D eigenvalue weighted by Crippen LogP contribution is -2.50. The summed E-state index contributed by atoms with van der Waals surface area (Å²) in [5, 5.41) is 9.02. The number of aliphatic carboxylic acids is 1. The average Bonchev–Trinajstić information content (AvgIpc) is 2.45. The number of aryl methyl sites for hydroxylation is 1. The number of nitrogens with one attached hydrogen (secondary N) is 2. The SMILES string of the molecule is CCCCCc1ccc(NS(=O)(=O)NC(CC(=O)O)C[N+](C)(C)C)cc1. The molecule has 3 N–H and O–H groups in total. The number of likely N-dealkylation sites (N-methyl/N-ethyl adjacent to an activating group) is 1. The molecule has 0 aromatic heterocycles. The second kappa shape index (κ2) is 9.89. The minimum atomic E-state index is -3.86. The Hall–Kier alpha value is -1.64. The predicted molar refractivity (Wildman–Crippen MR) is 104 cm³/mol. The van der Waals surface area contributed by atoms with E-state index in [2.05, 4.69) is 16.4 Å². The minimum absolute atomic E-state index is 0.271. The molecule has 26 heavy (non-hydrogen) atoms. The highest BCUT2D eigenvalue weighted by Gasteiger charge is 2.25. The first kappa shape index (κ1) is 22.4. The Labute approximate surface area is 157 Å². The predicted octanol–water partition coefficient (Wildman–Crippen LogP) is 2.22. The van der Waals surface area contributed by atoms with Crippen molar-refractivity contribution in [2.45, 2.75) is 45.1 Å². The number of nitrogens with zero attached hydrogens (tertiary/aromatic N) is 1. The summed E-state index contributed by atoms with van der Waals surface area (Å²) in [7, 11) is 1.79. The molecule has 148 valence electrons. The van der Waals surface area contributed by atoms with Crippen LogP contribution in [0.1, 0.15) is 38.2 Å². The summed E-state index contributed by atoms with van der Waals surface area (Å²) >= 11 is 0. The van der Waals surface area contributed by atoms with Crippen molar-refractivity contribution >= 4 is 21.9 Å². The maximum atomic E-state index is 12.4. The van der Waals surface area contributed by atoms with Gasteiger partial charge in [-0.05, 0) is 30.5 Å². The summed E-state index contributed by atoms with van der Waals surface area (Å²) < 4.78 is 30.1. The van der Waals surface area contributed by atoms with Crippen LogP contribution in [0.5, 0.6) is 0 Å². The van der Waals surface area contributed by atoms with Gasteiger partial charge >= 0.3 is 5.97 Å². The molecule has 0 spiro atoms. The zero-order valence-electron chi connectivity index (χ0n) is 16.2. The van der Waals surface area contributed by atoms with Gasteiger partial charge in [-0.15, -0.1) is 0 Å². The second-order valence-corrected chi connectivity index (χ2v) is 9.09. The van der Waals surface area contributed by atoms with E-state index in [9.17, 15) is 13.2 Å². The highest BCUT2D eigenvalue weighted by Crippen LogP contribution is 2.14. The van der Waals surface area contributed by atoms with Crippen LogP contribution >= 0.6 is 0 Å². The first-order chi connectivity index (χ1) is 12.0. The molecule has 1 rings (SSSR count). The maximum absolute atomic E-state index is 12.4. The van der Waals surface area contributed by atoms with E-state index in [1.165, 1.54) is 12.0 Å². The standard InChI is InChI=1S/C18H31N3O4S/c1-5-6-7-8-15-9-11-16(12-10-15)19-26(24,25)20-17(13-18(22)23)14-21(2,3)4/h9-12,17,19-20H,5-8,13-14H2,1-4H3/p+1. The summed E-state index contributed by atoms with van der Waals surface area (Å²) in [6.45, 7) is 2.52. The Kier molecular flexibility index (Phi) is 8.52. The molecule has 0 radical (unpaired) electrons. The summed E-state index contributed by atoms with van der Waals surface area (Å²) in [6.07, 6.45) is 4.16. The molecule has 0 amide bonds. The molecule has 0 bridgehead atoms. The molecule has 1 unspecified atom stereocenters. The third kappa shape index (κ3) is 9.74. The number of quaternary nitrogens is 1. The number of carboxylic acid groups (broad SMARTS) is 1. The van der Waals surface area contributed by atoms with Crippen molar-refractivity contribution in [1.82, 2.24) is 4.72 Å². The second-order valence-electron chi connectivity index (χ2n) is 7.65. The molecular weight excluding hydrogens is 354 g/mol. The van der Waals surface area contributed by atoms with E-state index in [1.54, 1.807) is 12.1 Å². The zero-order chi connectivity index (χ0) is 19.8. The molecule has 0 saturated heterocycles. The minimum Gasteiger partial charge on any atom is -0.481 e. The van der Waals surface area contributed by atoms with Gasteiger partial charge < -0.3 is 9.59 Å². The number of hydrogen-bond acceptors (Lipinski definition) is 3. The monoisotopic (exact) mass is 386 g/mol. The molecule has 8 heteroatoms. The molecule has 1 aromatic carbocycles. The van der Waals surface area contributed by atoms with Crippen LogP contribution in [0, 0.1) is 0 Å². The van der Waals surface area contributed by atoms with E-state index < -0.39 is 22.2 Å².